The molecule has 0 atom stereocenters. The minimum absolute atomic E-state index is 0.0991. The first-order valence-electron chi connectivity index (χ1n) is 10.0. The molecule has 0 bridgehead atoms. The molecule has 2 rings (SSSR count). The van der Waals surface area contributed by atoms with E-state index in [2.05, 4.69) is 0 Å². The fourth-order valence-electron chi connectivity index (χ4n) is 3.02. The van der Waals surface area contributed by atoms with E-state index in [1.165, 1.54) is 6.07 Å². The van der Waals surface area contributed by atoms with Crippen LogP contribution in [-0.4, -0.2) is 46.1 Å². The highest BCUT2D eigenvalue weighted by molar-refractivity contribution is 6.60. The van der Waals surface area contributed by atoms with Gasteiger partial charge >= 0.3 is 8.80 Å². The Morgan fingerprint density at radius 1 is 0.931 bits per heavy atom. The molecule has 7 heteroatoms. The summed E-state index contributed by atoms with van der Waals surface area (Å²) in [6.45, 7) is 7.83. The molecule has 0 heterocycles. The Hall–Kier alpha value is -2.19. The average Bonchev–Trinajstić information content (AvgIpc) is 2.72. The molecule has 0 saturated heterocycles. The summed E-state index contributed by atoms with van der Waals surface area (Å²) in [7, 11) is -2.68. The van der Waals surface area contributed by atoms with E-state index in [-0.39, 0.29) is 17.1 Å². The van der Waals surface area contributed by atoms with E-state index in [1.807, 2.05) is 26.8 Å². The Bertz CT molecular complexity index is 748. The summed E-state index contributed by atoms with van der Waals surface area (Å²) in [5.41, 5.74) is 0.777. The van der Waals surface area contributed by atoms with Crippen molar-refractivity contribution < 1.29 is 27.9 Å². The molecule has 0 radical (unpaired) electrons. The highest BCUT2D eigenvalue weighted by Crippen LogP contribution is 2.26. The fourth-order valence-corrected chi connectivity index (χ4v) is 5.60. The molecule has 1 N–H and O–H groups in total. The topological polar surface area (TPSA) is 74.2 Å². The van der Waals surface area contributed by atoms with Gasteiger partial charge in [0.1, 0.15) is 11.5 Å². The van der Waals surface area contributed by atoms with Crippen molar-refractivity contribution in [3.05, 3.63) is 59.7 Å². The van der Waals surface area contributed by atoms with Gasteiger partial charge in [-0.1, -0.05) is 30.3 Å². The molecule has 0 aliphatic heterocycles. The van der Waals surface area contributed by atoms with Crippen LogP contribution in [0.2, 0.25) is 6.04 Å². The van der Waals surface area contributed by atoms with Crippen LogP contribution in [-0.2, 0) is 13.3 Å². The van der Waals surface area contributed by atoms with Crippen LogP contribution in [0.3, 0.4) is 0 Å². The second kappa shape index (κ2) is 11.7. The van der Waals surface area contributed by atoms with Gasteiger partial charge in [-0.05, 0) is 39.3 Å². The number of phenols is 1. The molecule has 0 aliphatic carbocycles. The molecule has 0 fully saturated rings. The third-order valence-corrected chi connectivity index (χ3v) is 7.39. The van der Waals surface area contributed by atoms with Gasteiger partial charge in [0, 0.05) is 37.5 Å². The van der Waals surface area contributed by atoms with E-state index in [4.69, 9.17) is 18.0 Å². The van der Waals surface area contributed by atoms with E-state index in [9.17, 15) is 9.90 Å². The molecule has 0 amide bonds. The molecule has 6 nitrogen and oxygen atoms in total. The van der Waals surface area contributed by atoms with Crippen molar-refractivity contribution in [3.8, 4) is 11.5 Å². The third kappa shape index (κ3) is 6.68. The second-order valence-electron chi connectivity index (χ2n) is 6.31. The third-order valence-electron chi connectivity index (χ3n) is 4.24. The van der Waals surface area contributed by atoms with Gasteiger partial charge in [0.25, 0.3) is 0 Å². The second-order valence-corrected chi connectivity index (χ2v) is 9.04. The lowest BCUT2D eigenvalue weighted by Crippen LogP contribution is -2.46. The SMILES string of the molecule is CCO[Si](CCCOc1ccc(C(=O)c2ccccc2)c(O)c1)(OCC)OCC. The summed E-state index contributed by atoms with van der Waals surface area (Å²) in [5.74, 6) is 0.178. The van der Waals surface area contributed by atoms with Gasteiger partial charge in [-0.15, -0.1) is 0 Å². The highest BCUT2D eigenvalue weighted by atomic mass is 28.4. The number of ether oxygens (including phenoxy) is 1. The lowest BCUT2D eigenvalue weighted by Gasteiger charge is -2.28. The molecule has 0 spiro atoms. The van der Waals surface area contributed by atoms with Crippen LogP contribution in [0.25, 0.3) is 0 Å². The van der Waals surface area contributed by atoms with E-state index >= 15 is 0 Å². The minimum Gasteiger partial charge on any atom is -0.507 e. The first-order valence-corrected chi connectivity index (χ1v) is 12.0. The highest BCUT2D eigenvalue weighted by Gasteiger charge is 2.39. The van der Waals surface area contributed by atoms with Crippen LogP contribution in [0.1, 0.15) is 43.1 Å². The molecule has 0 aliphatic rings. The molecule has 2 aromatic rings. The van der Waals surface area contributed by atoms with E-state index in [0.29, 0.717) is 50.2 Å². The van der Waals surface area contributed by atoms with Crippen molar-refractivity contribution in [2.45, 2.75) is 33.2 Å². The van der Waals surface area contributed by atoms with Crippen LogP contribution < -0.4 is 4.74 Å². The summed E-state index contributed by atoms with van der Waals surface area (Å²) < 4.78 is 23.2. The molecule has 2 aromatic carbocycles. The monoisotopic (exact) mass is 418 g/mol. The number of ketones is 1. The van der Waals surface area contributed by atoms with Crippen LogP contribution in [0.5, 0.6) is 11.5 Å². The van der Waals surface area contributed by atoms with Gasteiger partial charge in [-0.2, -0.15) is 0 Å². The lowest BCUT2D eigenvalue weighted by molar-refractivity contribution is 0.0696. The van der Waals surface area contributed by atoms with Crippen molar-refractivity contribution in [3.63, 3.8) is 0 Å². The maximum atomic E-state index is 12.5. The summed E-state index contributed by atoms with van der Waals surface area (Å²) in [4.78, 5) is 12.5. The molecular formula is C22H30O6Si. The van der Waals surface area contributed by atoms with E-state index < -0.39 is 8.80 Å². The molecule has 0 saturated carbocycles. The van der Waals surface area contributed by atoms with Gasteiger partial charge in [-0.25, -0.2) is 0 Å². The summed E-state index contributed by atoms with van der Waals surface area (Å²) >= 11 is 0. The number of hydrogen-bond acceptors (Lipinski definition) is 6. The maximum absolute atomic E-state index is 12.5. The Kier molecular flexibility index (Phi) is 9.33. The molecule has 0 aromatic heterocycles. The largest absolute Gasteiger partial charge is 0.507 e. The molecule has 0 unspecified atom stereocenters. The summed E-state index contributed by atoms with van der Waals surface area (Å²) in [6, 6.07) is 14.2. The fraction of sp³-hybridized carbons (Fsp3) is 0.409. The Labute approximate surface area is 173 Å². The number of rotatable bonds is 13. The summed E-state index contributed by atoms with van der Waals surface area (Å²) in [6.07, 6.45) is 0.692. The zero-order valence-electron chi connectivity index (χ0n) is 17.3. The van der Waals surface area contributed by atoms with Crippen LogP contribution >= 0.6 is 0 Å². The minimum atomic E-state index is -2.68. The number of benzene rings is 2. The number of aromatic hydroxyl groups is 1. The van der Waals surface area contributed by atoms with Crippen molar-refractivity contribution >= 4 is 14.6 Å². The van der Waals surface area contributed by atoms with Gasteiger partial charge in [-0.3, -0.25) is 4.79 Å². The van der Waals surface area contributed by atoms with Gasteiger partial charge in [0.05, 0.1) is 12.2 Å². The van der Waals surface area contributed by atoms with Crippen LogP contribution in [0.15, 0.2) is 48.5 Å². The van der Waals surface area contributed by atoms with Crippen molar-refractivity contribution in [2.24, 2.45) is 0 Å². The predicted molar refractivity (Wildman–Crippen MR) is 114 cm³/mol. The first kappa shape index (κ1) is 23.1. The standard InChI is InChI=1S/C22H30O6Si/c1-4-26-29(27-5-2,28-6-3)16-10-15-25-19-13-14-20(21(23)17-19)22(24)18-11-8-7-9-12-18/h7-9,11-14,17,23H,4-6,10,15-16H2,1-3H3. The van der Waals surface area contributed by atoms with E-state index in [0.717, 1.165) is 0 Å². The maximum Gasteiger partial charge on any atom is 0.501 e. The lowest BCUT2D eigenvalue weighted by atomic mass is 10.0. The number of carbonyl (C=O) groups is 1. The number of hydrogen-bond donors (Lipinski definition) is 1. The normalized spacial score (nSPS) is 11.4. The zero-order chi connectivity index (χ0) is 21.1. The van der Waals surface area contributed by atoms with Gasteiger partial charge < -0.3 is 23.1 Å². The molecule has 29 heavy (non-hydrogen) atoms. The Morgan fingerprint density at radius 3 is 2.10 bits per heavy atom. The number of phenolic OH excluding ortho intramolecular Hbond substituents is 1. The predicted octanol–water partition coefficient (Wildman–Crippen LogP) is 4.44. The molecular weight excluding hydrogens is 388 g/mol. The smallest absolute Gasteiger partial charge is 0.501 e. The van der Waals surface area contributed by atoms with Crippen LogP contribution in [0.4, 0.5) is 0 Å². The average molecular weight is 419 g/mol. The van der Waals surface area contributed by atoms with Crippen LogP contribution in [0, 0.1) is 0 Å². The van der Waals surface area contributed by atoms with Crippen molar-refractivity contribution in [2.75, 3.05) is 26.4 Å². The molecule has 158 valence electrons. The van der Waals surface area contributed by atoms with Gasteiger partial charge in [0.2, 0.25) is 0 Å². The Balaban J connectivity index is 1.94. The first-order chi connectivity index (χ1) is 14.0. The quantitative estimate of drug-likeness (QED) is 0.294. The van der Waals surface area contributed by atoms with Gasteiger partial charge in [0.15, 0.2) is 5.78 Å². The number of carbonyl (C=O) groups excluding carboxylic acids is 1. The Morgan fingerprint density at radius 2 is 1.55 bits per heavy atom. The zero-order valence-corrected chi connectivity index (χ0v) is 18.3. The van der Waals surface area contributed by atoms with Crippen molar-refractivity contribution in [1.29, 1.82) is 0 Å². The van der Waals surface area contributed by atoms with Crippen molar-refractivity contribution in [1.82, 2.24) is 0 Å². The summed E-state index contributed by atoms with van der Waals surface area (Å²) in [5, 5.41) is 10.3. The van der Waals surface area contributed by atoms with E-state index in [1.54, 1.807) is 36.4 Å².